The van der Waals surface area contributed by atoms with E-state index in [2.05, 4.69) is 52.9 Å². The number of aromatic nitrogens is 1. The Morgan fingerprint density at radius 2 is 2.07 bits per heavy atom. The lowest BCUT2D eigenvalue weighted by molar-refractivity contribution is 0.0769. The van der Waals surface area contributed by atoms with E-state index >= 15 is 0 Å². The van der Waals surface area contributed by atoms with Crippen molar-refractivity contribution in [3.8, 4) is 0 Å². The lowest BCUT2D eigenvalue weighted by Gasteiger charge is -2.37. The molecule has 3 heterocycles. The molecular weight excluding hydrogens is 372 g/mol. The van der Waals surface area contributed by atoms with Crippen molar-refractivity contribution in [2.75, 3.05) is 33.4 Å². The fourth-order valence-electron chi connectivity index (χ4n) is 5.51. The molecular formula is C25H34N4O. The molecule has 5 rings (SSSR count). The van der Waals surface area contributed by atoms with E-state index in [9.17, 15) is 0 Å². The summed E-state index contributed by atoms with van der Waals surface area (Å²) >= 11 is 0. The lowest BCUT2D eigenvalue weighted by atomic mass is 9.87. The van der Waals surface area contributed by atoms with Gasteiger partial charge in [-0.2, -0.15) is 0 Å². The lowest BCUT2D eigenvalue weighted by Crippen LogP contribution is -2.46. The van der Waals surface area contributed by atoms with Crippen molar-refractivity contribution in [3.05, 3.63) is 64.5 Å². The van der Waals surface area contributed by atoms with Crippen molar-refractivity contribution < 1.29 is 4.74 Å². The van der Waals surface area contributed by atoms with Crippen molar-refractivity contribution >= 4 is 0 Å². The number of aryl methyl sites for hydroxylation is 1. The molecule has 2 aromatic rings. The van der Waals surface area contributed by atoms with Gasteiger partial charge in [-0.1, -0.05) is 24.3 Å². The van der Waals surface area contributed by atoms with Crippen LogP contribution in [0.1, 0.15) is 46.8 Å². The summed E-state index contributed by atoms with van der Waals surface area (Å²) < 4.78 is 5.68. The van der Waals surface area contributed by atoms with E-state index in [4.69, 9.17) is 9.72 Å². The molecule has 3 aliphatic rings. The molecule has 0 bridgehead atoms. The minimum atomic E-state index is 0.436. The minimum Gasteiger partial charge on any atom is -0.379 e. The Morgan fingerprint density at radius 1 is 1.13 bits per heavy atom. The second kappa shape index (κ2) is 9.15. The highest BCUT2D eigenvalue weighted by Gasteiger charge is 2.28. The fraction of sp³-hybridized carbons (Fsp3) is 0.560. The molecule has 1 unspecified atom stereocenters. The minimum absolute atomic E-state index is 0.436. The van der Waals surface area contributed by atoms with Gasteiger partial charge < -0.3 is 15.4 Å². The number of pyridine rings is 1. The third kappa shape index (κ3) is 4.30. The highest BCUT2D eigenvalue weighted by atomic mass is 16.5. The summed E-state index contributed by atoms with van der Waals surface area (Å²) in [5.74, 6) is 0. The summed E-state index contributed by atoms with van der Waals surface area (Å²) in [7, 11) is 2.28. The van der Waals surface area contributed by atoms with Crippen LogP contribution < -0.4 is 10.6 Å². The van der Waals surface area contributed by atoms with E-state index in [1.54, 1.807) is 5.56 Å². The summed E-state index contributed by atoms with van der Waals surface area (Å²) in [6, 6.07) is 12.5. The normalized spacial score (nSPS) is 26.3. The maximum atomic E-state index is 5.68. The van der Waals surface area contributed by atoms with E-state index in [0.29, 0.717) is 18.1 Å². The van der Waals surface area contributed by atoms with Crippen molar-refractivity contribution in [3.63, 3.8) is 0 Å². The Morgan fingerprint density at radius 3 is 2.97 bits per heavy atom. The second-order valence-corrected chi connectivity index (χ2v) is 9.16. The molecule has 30 heavy (non-hydrogen) atoms. The van der Waals surface area contributed by atoms with Gasteiger partial charge in [0.1, 0.15) is 0 Å². The first-order valence-electron chi connectivity index (χ1n) is 11.6. The number of hydrogen-bond donors (Lipinski definition) is 2. The van der Waals surface area contributed by atoms with E-state index in [1.807, 2.05) is 6.20 Å². The molecule has 1 saturated heterocycles. The fourth-order valence-corrected chi connectivity index (χ4v) is 5.51. The van der Waals surface area contributed by atoms with Gasteiger partial charge in [0, 0.05) is 37.9 Å². The van der Waals surface area contributed by atoms with Gasteiger partial charge in [0.15, 0.2) is 0 Å². The van der Waals surface area contributed by atoms with Crippen LogP contribution in [0.3, 0.4) is 0 Å². The molecule has 0 amide bonds. The standard InChI is InChI=1S/C25H34N4O/c1-29(24-9-3-5-18-8-4-10-27-25(18)24)16-21-14-23-19(6-2-7-20(23)15-28-21)13-22-17-30-12-11-26-22/h2,4,6-8,10,21-22,24,26,28H,3,5,9,11-17H2,1H3/t21-,22?,24-/m0/s1. The Balaban J connectivity index is 1.28. The van der Waals surface area contributed by atoms with Gasteiger partial charge in [-0.3, -0.25) is 9.88 Å². The number of hydrogen-bond acceptors (Lipinski definition) is 5. The van der Waals surface area contributed by atoms with Crippen LogP contribution in [0.2, 0.25) is 0 Å². The Kier molecular flexibility index (Phi) is 6.14. The molecule has 160 valence electrons. The van der Waals surface area contributed by atoms with Crippen LogP contribution in [0.15, 0.2) is 36.5 Å². The number of nitrogens with one attached hydrogen (secondary N) is 2. The molecule has 5 nitrogen and oxygen atoms in total. The zero-order chi connectivity index (χ0) is 20.3. The summed E-state index contributed by atoms with van der Waals surface area (Å²) in [4.78, 5) is 7.28. The summed E-state index contributed by atoms with van der Waals surface area (Å²) in [5.41, 5.74) is 7.25. The largest absolute Gasteiger partial charge is 0.379 e. The third-order valence-corrected chi connectivity index (χ3v) is 7.07. The molecule has 0 saturated carbocycles. The summed E-state index contributed by atoms with van der Waals surface area (Å²) in [6.45, 7) is 4.64. The third-order valence-electron chi connectivity index (χ3n) is 7.07. The topological polar surface area (TPSA) is 49.4 Å². The predicted molar refractivity (Wildman–Crippen MR) is 120 cm³/mol. The first-order valence-corrected chi connectivity index (χ1v) is 11.6. The van der Waals surface area contributed by atoms with E-state index in [-0.39, 0.29) is 0 Å². The van der Waals surface area contributed by atoms with Gasteiger partial charge in [0.2, 0.25) is 0 Å². The average molecular weight is 407 g/mol. The number of fused-ring (bicyclic) bond motifs is 2. The van der Waals surface area contributed by atoms with Gasteiger partial charge in [0.25, 0.3) is 0 Å². The van der Waals surface area contributed by atoms with Gasteiger partial charge in [0.05, 0.1) is 24.9 Å². The monoisotopic (exact) mass is 406 g/mol. The molecule has 1 aromatic carbocycles. The molecule has 3 atom stereocenters. The number of nitrogens with zero attached hydrogens (tertiary/aromatic N) is 2. The van der Waals surface area contributed by atoms with Crippen LogP contribution in [0.4, 0.5) is 0 Å². The van der Waals surface area contributed by atoms with Gasteiger partial charge >= 0.3 is 0 Å². The van der Waals surface area contributed by atoms with Crippen molar-refractivity contribution in [2.45, 2.75) is 56.8 Å². The molecule has 1 aromatic heterocycles. The SMILES string of the molecule is CN(C[C@@H]1Cc2c(cccc2CC2COCCN2)CN1)[C@H]1CCCc2cccnc21. The van der Waals surface area contributed by atoms with Gasteiger partial charge in [-0.25, -0.2) is 0 Å². The molecule has 0 radical (unpaired) electrons. The molecule has 2 aliphatic heterocycles. The maximum absolute atomic E-state index is 5.68. The molecule has 1 aliphatic carbocycles. The van der Waals surface area contributed by atoms with E-state index in [0.717, 1.165) is 45.7 Å². The van der Waals surface area contributed by atoms with E-state index < -0.39 is 0 Å². The summed E-state index contributed by atoms with van der Waals surface area (Å²) in [5, 5.41) is 7.41. The van der Waals surface area contributed by atoms with Crippen molar-refractivity contribution in [1.29, 1.82) is 0 Å². The zero-order valence-corrected chi connectivity index (χ0v) is 18.1. The van der Waals surface area contributed by atoms with Crippen LogP contribution in [0.25, 0.3) is 0 Å². The first-order chi connectivity index (χ1) is 14.8. The number of ether oxygens (including phenoxy) is 1. The second-order valence-electron chi connectivity index (χ2n) is 9.16. The molecule has 5 heteroatoms. The van der Waals surface area contributed by atoms with Gasteiger partial charge in [-0.15, -0.1) is 0 Å². The number of rotatable bonds is 5. The van der Waals surface area contributed by atoms with Crippen LogP contribution in [0, 0.1) is 0 Å². The molecule has 2 N–H and O–H groups in total. The van der Waals surface area contributed by atoms with Gasteiger partial charge in [-0.05, 0) is 67.5 Å². The zero-order valence-electron chi connectivity index (χ0n) is 18.1. The van der Waals surface area contributed by atoms with Crippen LogP contribution in [-0.2, 0) is 30.5 Å². The Hall–Kier alpha value is -1.79. The summed E-state index contributed by atoms with van der Waals surface area (Å²) in [6.07, 6.45) is 7.76. The smallest absolute Gasteiger partial charge is 0.0623 e. The number of morpholine rings is 1. The van der Waals surface area contributed by atoms with Crippen molar-refractivity contribution in [1.82, 2.24) is 20.5 Å². The molecule has 1 fully saturated rings. The highest BCUT2D eigenvalue weighted by molar-refractivity contribution is 5.38. The number of likely N-dealkylation sites (N-methyl/N-ethyl adjacent to an activating group) is 1. The quantitative estimate of drug-likeness (QED) is 0.800. The van der Waals surface area contributed by atoms with Crippen LogP contribution >= 0.6 is 0 Å². The average Bonchev–Trinajstić information content (AvgIpc) is 2.80. The predicted octanol–water partition coefficient (Wildman–Crippen LogP) is 2.64. The Labute approximate surface area is 180 Å². The van der Waals surface area contributed by atoms with Crippen molar-refractivity contribution in [2.24, 2.45) is 0 Å². The maximum Gasteiger partial charge on any atom is 0.0623 e. The van der Waals surface area contributed by atoms with Crippen LogP contribution in [0.5, 0.6) is 0 Å². The van der Waals surface area contributed by atoms with Crippen LogP contribution in [-0.4, -0.2) is 55.3 Å². The number of benzene rings is 1. The first kappa shape index (κ1) is 20.1. The highest BCUT2D eigenvalue weighted by Crippen LogP contribution is 2.32. The van der Waals surface area contributed by atoms with E-state index in [1.165, 1.54) is 41.6 Å². The molecule has 0 spiro atoms. The Bertz CT molecular complexity index is 864.